The topological polar surface area (TPSA) is 52.3 Å². The van der Waals surface area contributed by atoms with Gasteiger partial charge in [-0.1, -0.05) is 0 Å². The van der Waals surface area contributed by atoms with E-state index in [1.807, 2.05) is 0 Å². The average Bonchev–Trinajstić information content (AvgIpc) is 1.87. The average molecular weight is 153 g/mol. The van der Waals surface area contributed by atoms with Crippen molar-refractivity contribution in [1.82, 2.24) is 0 Å². The summed E-state index contributed by atoms with van der Waals surface area (Å²) in [4.78, 5) is 10.2. The van der Waals surface area contributed by atoms with Crippen LogP contribution in [0.15, 0.2) is 0 Å². The Kier molecular flexibility index (Phi) is 3.21. The first-order valence-corrected chi connectivity index (χ1v) is 2.66. The zero-order valence-corrected chi connectivity index (χ0v) is 5.56. The largest absolute Gasteiger partial charge is 0.469 e. The van der Waals surface area contributed by atoms with E-state index < -0.39 is 24.9 Å². The van der Waals surface area contributed by atoms with Gasteiger partial charge in [0.2, 0.25) is 0 Å². The molecule has 0 spiro atoms. The van der Waals surface area contributed by atoms with E-state index in [-0.39, 0.29) is 0 Å². The number of alkyl halides is 2. The van der Waals surface area contributed by atoms with E-state index in [1.54, 1.807) is 0 Å². The van der Waals surface area contributed by atoms with Crippen molar-refractivity contribution in [2.75, 3.05) is 13.7 Å². The summed E-state index contributed by atoms with van der Waals surface area (Å²) in [6.45, 7) is -0.831. The molecule has 0 aromatic rings. The maximum absolute atomic E-state index is 12.2. The third kappa shape index (κ3) is 3.34. The van der Waals surface area contributed by atoms with E-state index in [1.165, 1.54) is 0 Å². The minimum atomic E-state index is -3.13. The standard InChI is InChI=1S/C5H9F2NO2/c1-10-4(9)2-5(6,7)3-8/h2-3,8H2,1H3. The van der Waals surface area contributed by atoms with Crippen LogP contribution in [0.25, 0.3) is 0 Å². The number of carbonyl (C=O) groups excluding carboxylic acids is 1. The lowest BCUT2D eigenvalue weighted by molar-refractivity contribution is -0.147. The van der Waals surface area contributed by atoms with Crippen LogP contribution in [0.3, 0.4) is 0 Å². The van der Waals surface area contributed by atoms with Gasteiger partial charge in [0.05, 0.1) is 13.7 Å². The van der Waals surface area contributed by atoms with Gasteiger partial charge in [-0.2, -0.15) is 0 Å². The lowest BCUT2D eigenvalue weighted by atomic mass is 10.2. The third-order valence-corrected chi connectivity index (χ3v) is 0.929. The van der Waals surface area contributed by atoms with E-state index in [2.05, 4.69) is 10.5 Å². The van der Waals surface area contributed by atoms with Gasteiger partial charge in [0.1, 0.15) is 6.42 Å². The molecule has 0 rings (SSSR count). The van der Waals surface area contributed by atoms with E-state index in [9.17, 15) is 13.6 Å². The number of hydrogen-bond donors (Lipinski definition) is 1. The number of esters is 1. The highest BCUT2D eigenvalue weighted by atomic mass is 19.3. The molecule has 0 radical (unpaired) electrons. The second-order valence-corrected chi connectivity index (χ2v) is 1.81. The molecule has 60 valence electrons. The van der Waals surface area contributed by atoms with Crippen LogP contribution in [0.5, 0.6) is 0 Å². The molecule has 0 aromatic heterocycles. The summed E-state index contributed by atoms with van der Waals surface area (Å²) in [5.74, 6) is -4.08. The molecule has 0 fully saturated rings. The predicted octanol–water partition coefficient (Wildman–Crippen LogP) is 0.144. The summed E-state index contributed by atoms with van der Waals surface area (Å²) >= 11 is 0. The molecule has 3 nitrogen and oxygen atoms in total. The molecule has 0 bridgehead atoms. The molecule has 0 aliphatic carbocycles. The zero-order valence-electron chi connectivity index (χ0n) is 5.56. The number of ether oxygens (including phenoxy) is 1. The summed E-state index contributed by atoms with van der Waals surface area (Å²) in [5, 5.41) is 0. The minimum absolute atomic E-state index is 0.831. The van der Waals surface area contributed by atoms with Gasteiger partial charge in [-0.25, -0.2) is 8.78 Å². The second kappa shape index (κ2) is 3.46. The maximum atomic E-state index is 12.2. The third-order valence-electron chi connectivity index (χ3n) is 0.929. The Labute approximate surface area is 57.1 Å². The Morgan fingerprint density at radius 3 is 2.50 bits per heavy atom. The van der Waals surface area contributed by atoms with Gasteiger partial charge in [0.25, 0.3) is 5.92 Å². The van der Waals surface area contributed by atoms with Crippen molar-refractivity contribution in [3.63, 3.8) is 0 Å². The first kappa shape index (κ1) is 9.29. The van der Waals surface area contributed by atoms with Crippen LogP contribution in [-0.4, -0.2) is 25.5 Å². The van der Waals surface area contributed by atoms with Crippen LogP contribution in [0, 0.1) is 0 Å². The quantitative estimate of drug-likeness (QED) is 0.587. The lowest BCUT2D eigenvalue weighted by Gasteiger charge is -2.10. The molecule has 0 unspecified atom stereocenters. The number of nitrogens with two attached hydrogens (primary N) is 1. The molecule has 0 aliphatic rings. The molecule has 0 aromatic carbocycles. The molecular formula is C5H9F2NO2. The summed E-state index contributed by atoms with van der Waals surface area (Å²) in [6.07, 6.45) is -0.944. The van der Waals surface area contributed by atoms with Crippen LogP contribution in [-0.2, 0) is 9.53 Å². The van der Waals surface area contributed by atoms with Crippen LogP contribution in [0.1, 0.15) is 6.42 Å². The Hall–Kier alpha value is -0.710. The van der Waals surface area contributed by atoms with Gasteiger partial charge in [-0.05, 0) is 0 Å². The van der Waals surface area contributed by atoms with E-state index in [0.29, 0.717) is 0 Å². The number of carbonyl (C=O) groups is 1. The van der Waals surface area contributed by atoms with Gasteiger partial charge in [0, 0.05) is 0 Å². The number of methoxy groups -OCH3 is 1. The molecule has 0 atom stereocenters. The monoisotopic (exact) mass is 153 g/mol. The molecular weight excluding hydrogens is 144 g/mol. The van der Waals surface area contributed by atoms with Crippen LogP contribution >= 0.6 is 0 Å². The smallest absolute Gasteiger partial charge is 0.311 e. The molecule has 0 saturated heterocycles. The highest BCUT2D eigenvalue weighted by Gasteiger charge is 2.30. The highest BCUT2D eigenvalue weighted by Crippen LogP contribution is 2.16. The summed E-state index contributed by atoms with van der Waals surface area (Å²) in [6, 6.07) is 0. The summed E-state index contributed by atoms with van der Waals surface area (Å²) in [7, 11) is 1.05. The Morgan fingerprint density at radius 1 is 1.70 bits per heavy atom. The minimum Gasteiger partial charge on any atom is -0.469 e. The number of rotatable bonds is 3. The van der Waals surface area contributed by atoms with Crippen LogP contribution in [0.2, 0.25) is 0 Å². The molecule has 0 aliphatic heterocycles. The lowest BCUT2D eigenvalue weighted by Crippen LogP contribution is -2.30. The predicted molar refractivity (Wildman–Crippen MR) is 30.6 cm³/mol. The zero-order chi connectivity index (χ0) is 8.20. The summed E-state index contributed by atoms with van der Waals surface area (Å²) in [5.41, 5.74) is 4.65. The molecule has 10 heavy (non-hydrogen) atoms. The SMILES string of the molecule is COC(=O)CC(F)(F)CN. The number of halogens is 2. The van der Waals surface area contributed by atoms with E-state index in [0.717, 1.165) is 7.11 Å². The first-order valence-electron chi connectivity index (χ1n) is 2.66. The fourth-order valence-corrected chi connectivity index (χ4v) is 0.356. The molecule has 2 N–H and O–H groups in total. The highest BCUT2D eigenvalue weighted by molar-refractivity contribution is 5.70. The van der Waals surface area contributed by atoms with Crippen molar-refractivity contribution < 1.29 is 18.3 Å². The van der Waals surface area contributed by atoms with Crippen LogP contribution in [0.4, 0.5) is 8.78 Å². The van der Waals surface area contributed by atoms with Gasteiger partial charge in [0.15, 0.2) is 0 Å². The van der Waals surface area contributed by atoms with E-state index in [4.69, 9.17) is 0 Å². The maximum Gasteiger partial charge on any atom is 0.311 e. The van der Waals surface area contributed by atoms with Crippen LogP contribution < -0.4 is 5.73 Å². The van der Waals surface area contributed by atoms with Gasteiger partial charge in [-0.3, -0.25) is 4.79 Å². The normalized spacial score (nSPS) is 11.2. The summed E-state index contributed by atoms with van der Waals surface area (Å²) < 4.78 is 28.3. The van der Waals surface area contributed by atoms with Crippen molar-refractivity contribution in [3.8, 4) is 0 Å². The van der Waals surface area contributed by atoms with Crippen molar-refractivity contribution in [2.45, 2.75) is 12.3 Å². The second-order valence-electron chi connectivity index (χ2n) is 1.81. The first-order chi connectivity index (χ1) is 4.52. The van der Waals surface area contributed by atoms with Gasteiger partial charge >= 0.3 is 5.97 Å². The molecule has 5 heteroatoms. The van der Waals surface area contributed by atoms with Crippen molar-refractivity contribution in [3.05, 3.63) is 0 Å². The Bertz CT molecular complexity index is 127. The van der Waals surface area contributed by atoms with E-state index >= 15 is 0 Å². The fourth-order valence-electron chi connectivity index (χ4n) is 0.356. The van der Waals surface area contributed by atoms with Crippen molar-refractivity contribution in [1.29, 1.82) is 0 Å². The van der Waals surface area contributed by atoms with Crippen molar-refractivity contribution in [2.24, 2.45) is 5.73 Å². The molecule has 0 amide bonds. The Balaban J connectivity index is 3.76. The Morgan fingerprint density at radius 2 is 2.20 bits per heavy atom. The van der Waals surface area contributed by atoms with Gasteiger partial charge < -0.3 is 10.5 Å². The molecule has 0 saturated carbocycles. The fraction of sp³-hybridized carbons (Fsp3) is 0.800. The van der Waals surface area contributed by atoms with Gasteiger partial charge in [-0.15, -0.1) is 0 Å². The molecule has 0 heterocycles. The van der Waals surface area contributed by atoms with Crippen molar-refractivity contribution >= 4 is 5.97 Å². The number of hydrogen-bond acceptors (Lipinski definition) is 3.